The van der Waals surface area contributed by atoms with Gasteiger partial charge in [-0.2, -0.15) is 0 Å². The van der Waals surface area contributed by atoms with Crippen molar-refractivity contribution in [3.05, 3.63) is 12.7 Å². The van der Waals surface area contributed by atoms with Gasteiger partial charge in [-0.1, -0.05) is 6.08 Å². The van der Waals surface area contributed by atoms with Crippen LogP contribution < -0.4 is 5.32 Å². The maximum atomic E-state index is 12.1. The van der Waals surface area contributed by atoms with Crippen molar-refractivity contribution in [2.24, 2.45) is 23.7 Å². The highest BCUT2D eigenvalue weighted by molar-refractivity contribution is 5.75. The number of aliphatic hydroxyl groups excluding tert-OH is 1. The highest BCUT2D eigenvalue weighted by Gasteiger charge is 2.65. The summed E-state index contributed by atoms with van der Waals surface area (Å²) in [4.78, 5) is 13.7. The largest absolute Gasteiger partial charge is 0.395 e. The van der Waals surface area contributed by atoms with Crippen molar-refractivity contribution in [1.29, 1.82) is 0 Å². The third-order valence-electron chi connectivity index (χ3n) is 5.03. The molecule has 100 valence electrons. The minimum atomic E-state index is -0.0391. The first-order chi connectivity index (χ1) is 8.76. The maximum Gasteiger partial charge on any atom is 0.317 e. The molecule has 3 saturated carbocycles. The number of aliphatic hydroxyl groups is 1. The van der Waals surface area contributed by atoms with Gasteiger partial charge in [-0.3, -0.25) is 0 Å². The predicted molar refractivity (Wildman–Crippen MR) is 69.0 cm³/mol. The fraction of sp³-hybridized carbons (Fsp3) is 0.786. The second-order valence-electron chi connectivity index (χ2n) is 5.92. The standard InChI is InChI=1S/C14H22N2O2/c1-2-5-16(6-7-17)14(18)15-13-11-9-3-4-10(8-9)12(11)13/h2,9-13,17H,1,3-8H2,(H,15,18). The summed E-state index contributed by atoms with van der Waals surface area (Å²) >= 11 is 0. The van der Waals surface area contributed by atoms with Crippen LogP contribution in [-0.4, -0.2) is 41.8 Å². The zero-order chi connectivity index (χ0) is 12.7. The van der Waals surface area contributed by atoms with Gasteiger partial charge in [0.05, 0.1) is 6.61 Å². The van der Waals surface area contributed by atoms with Crippen LogP contribution in [0.1, 0.15) is 19.3 Å². The SMILES string of the molecule is C=CCN(CCO)C(=O)NC1C2C3CCC(C3)C12. The van der Waals surface area contributed by atoms with E-state index in [0.29, 0.717) is 19.1 Å². The maximum absolute atomic E-state index is 12.1. The van der Waals surface area contributed by atoms with Crippen LogP contribution >= 0.6 is 0 Å². The van der Waals surface area contributed by atoms with Crippen molar-refractivity contribution in [3.8, 4) is 0 Å². The van der Waals surface area contributed by atoms with E-state index in [1.807, 2.05) is 0 Å². The van der Waals surface area contributed by atoms with Crippen LogP contribution in [0.5, 0.6) is 0 Å². The molecule has 0 aliphatic heterocycles. The molecular weight excluding hydrogens is 228 g/mol. The number of fused-ring (bicyclic) bond motifs is 5. The van der Waals surface area contributed by atoms with Crippen molar-refractivity contribution >= 4 is 6.03 Å². The summed E-state index contributed by atoms with van der Waals surface area (Å²) in [6, 6.07) is 0.373. The molecule has 3 rings (SSSR count). The summed E-state index contributed by atoms with van der Waals surface area (Å²) in [6.45, 7) is 4.53. The van der Waals surface area contributed by atoms with Gasteiger partial charge in [-0.25, -0.2) is 4.79 Å². The second kappa shape index (κ2) is 4.57. The van der Waals surface area contributed by atoms with Gasteiger partial charge in [-0.05, 0) is 42.9 Å². The van der Waals surface area contributed by atoms with E-state index >= 15 is 0 Å². The normalized spacial score (nSPS) is 39.3. The lowest BCUT2D eigenvalue weighted by Crippen LogP contribution is -2.43. The molecule has 0 aromatic rings. The number of carbonyl (C=O) groups is 1. The predicted octanol–water partition coefficient (Wildman–Crippen LogP) is 1.22. The lowest BCUT2D eigenvalue weighted by Gasteiger charge is -2.21. The highest BCUT2D eigenvalue weighted by Crippen LogP contribution is 2.65. The van der Waals surface area contributed by atoms with Gasteiger partial charge in [0.15, 0.2) is 0 Å². The van der Waals surface area contributed by atoms with Crippen molar-refractivity contribution in [2.75, 3.05) is 19.7 Å². The number of nitrogens with zero attached hydrogens (tertiary/aromatic N) is 1. The fourth-order valence-corrected chi connectivity index (χ4v) is 4.30. The zero-order valence-electron chi connectivity index (χ0n) is 10.7. The molecule has 0 radical (unpaired) electrons. The van der Waals surface area contributed by atoms with E-state index in [1.165, 1.54) is 19.3 Å². The Kier molecular flexibility index (Phi) is 3.06. The minimum Gasteiger partial charge on any atom is -0.395 e. The van der Waals surface area contributed by atoms with E-state index in [9.17, 15) is 4.79 Å². The molecule has 0 aromatic carbocycles. The topological polar surface area (TPSA) is 52.6 Å². The number of hydrogen-bond donors (Lipinski definition) is 2. The van der Waals surface area contributed by atoms with Gasteiger partial charge in [0.2, 0.25) is 0 Å². The summed E-state index contributed by atoms with van der Waals surface area (Å²) < 4.78 is 0. The third kappa shape index (κ3) is 1.83. The molecule has 3 aliphatic carbocycles. The summed E-state index contributed by atoms with van der Waals surface area (Å²) in [6.07, 6.45) is 5.83. The van der Waals surface area contributed by atoms with Crippen LogP contribution in [0.4, 0.5) is 4.79 Å². The van der Waals surface area contributed by atoms with Gasteiger partial charge >= 0.3 is 6.03 Å². The Morgan fingerprint density at radius 3 is 2.61 bits per heavy atom. The van der Waals surface area contributed by atoms with E-state index in [-0.39, 0.29) is 12.6 Å². The van der Waals surface area contributed by atoms with Crippen LogP contribution in [0.25, 0.3) is 0 Å². The van der Waals surface area contributed by atoms with E-state index in [1.54, 1.807) is 11.0 Å². The number of carbonyl (C=O) groups excluding carboxylic acids is 1. The first-order valence-corrected chi connectivity index (χ1v) is 7.03. The smallest absolute Gasteiger partial charge is 0.317 e. The quantitative estimate of drug-likeness (QED) is 0.721. The van der Waals surface area contributed by atoms with Crippen LogP contribution in [0, 0.1) is 23.7 Å². The molecule has 4 atom stereocenters. The van der Waals surface area contributed by atoms with Gasteiger partial charge in [0, 0.05) is 19.1 Å². The van der Waals surface area contributed by atoms with Crippen LogP contribution in [0.2, 0.25) is 0 Å². The van der Waals surface area contributed by atoms with Crippen LogP contribution in [0.3, 0.4) is 0 Å². The van der Waals surface area contributed by atoms with Gasteiger partial charge in [0.25, 0.3) is 0 Å². The molecule has 4 nitrogen and oxygen atoms in total. The molecule has 4 heteroatoms. The van der Waals surface area contributed by atoms with Crippen molar-refractivity contribution in [1.82, 2.24) is 10.2 Å². The first-order valence-electron chi connectivity index (χ1n) is 7.03. The van der Waals surface area contributed by atoms with E-state index in [0.717, 1.165) is 23.7 Å². The Bertz CT molecular complexity index is 342. The lowest BCUT2D eigenvalue weighted by molar-refractivity contribution is 0.181. The molecule has 2 bridgehead atoms. The monoisotopic (exact) mass is 250 g/mol. The fourth-order valence-electron chi connectivity index (χ4n) is 4.30. The average molecular weight is 250 g/mol. The molecule has 2 amide bonds. The van der Waals surface area contributed by atoms with E-state index < -0.39 is 0 Å². The van der Waals surface area contributed by atoms with E-state index in [2.05, 4.69) is 11.9 Å². The molecule has 0 spiro atoms. The second-order valence-corrected chi connectivity index (χ2v) is 5.92. The van der Waals surface area contributed by atoms with Crippen LogP contribution in [0.15, 0.2) is 12.7 Å². The molecule has 2 N–H and O–H groups in total. The van der Waals surface area contributed by atoms with Crippen molar-refractivity contribution < 1.29 is 9.90 Å². The number of rotatable bonds is 5. The van der Waals surface area contributed by atoms with Gasteiger partial charge in [0.1, 0.15) is 0 Å². The molecule has 18 heavy (non-hydrogen) atoms. The molecule has 4 unspecified atom stereocenters. The average Bonchev–Trinajstić information content (AvgIpc) is 2.75. The molecule has 3 aliphatic rings. The molecule has 3 fully saturated rings. The zero-order valence-corrected chi connectivity index (χ0v) is 10.7. The lowest BCUT2D eigenvalue weighted by atomic mass is 10.0. The highest BCUT2D eigenvalue weighted by atomic mass is 16.3. The number of nitrogens with one attached hydrogen (secondary N) is 1. The Hall–Kier alpha value is -1.03. The Balaban J connectivity index is 1.54. The first kappa shape index (κ1) is 12.0. The molecule has 0 saturated heterocycles. The Morgan fingerprint density at radius 1 is 1.39 bits per heavy atom. The van der Waals surface area contributed by atoms with Crippen LogP contribution in [-0.2, 0) is 0 Å². The summed E-state index contributed by atoms with van der Waals surface area (Å²) in [5.41, 5.74) is 0. The third-order valence-corrected chi connectivity index (χ3v) is 5.03. The summed E-state index contributed by atoms with van der Waals surface area (Å²) in [7, 11) is 0. The number of amides is 2. The molecular formula is C14H22N2O2. The summed E-state index contributed by atoms with van der Waals surface area (Å²) in [5.74, 6) is 3.26. The molecule has 0 heterocycles. The minimum absolute atomic E-state index is 0.00400. The summed E-state index contributed by atoms with van der Waals surface area (Å²) in [5, 5.41) is 12.1. The van der Waals surface area contributed by atoms with Gasteiger partial charge in [-0.15, -0.1) is 6.58 Å². The van der Waals surface area contributed by atoms with Gasteiger partial charge < -0.3 is 15.3 Å². The Morgan fingerprint density at radius 2 is 2.06 bits per heavy atom. The molecule has 0 aromatic heterocycles. The number of hydrogen-bond acceptors (Lipinski definition) is 2. The van der Waals surface area contributed by atoms with E-state index in [4.69, 9.17) is 5.11 Å². The van der Waals surface area contributed by atoms with Crippen molar-refractivity contribution in [2.45, 2.75) is 25.3 Å². The number of urea groups is 1. The Labute approximate surface area is 108 Å². The van der Waals surface area contributed by atoms with Crippen molar-refractivity contribution in [3.63, 3.8) is 0 Å².